The molecule has 0 fully saturated rings. The van der Waals surface area contributed by atoms with Crippen LogP contribution in [0.15, 0.2) is 48.5 Å². The van der Waals surface area contributed by atoms with Crippen molar-refractivity contribution in [3.8, 4) is 16.9 Å². The Labute approximate surface area is 143 Å². The smallest absolute Gasteiger partial charge is 0.211 e. The molecule has 3 N–H and O–H groups in total. The molecule has 1 unspecified atom stereocenters. The second-order valence-electron chi connectivity index (χ2n) is 5.75. The van der Waals surface area contributed by atoms with Gasteiger partial charge in [0.25, 0.3) is 0 Å². The van der Waals surface area contributed by atoms with Gasteiger partial charge in [0.15, 0.2) is 0 Å². The van der Waals surface area contributed by atoms with Crippen LogP contribution in [0.4, 0.5) is 5.69 Å². The van der Waals surface area contributed by atoms with Crippen LogP contribution in [-0.2, 0) is 10.0 Å². The van der Waals surface area contributed by atoms with Gasteiger partial charge in [0.1, 0.15) is 11.9 Å². The monoisotopic (exact) mass is 348 g/mol. The molecule has 1 atom stereocenters. The molecule has 0 spiro atoms. The molecule has 0 aliphatic rings. The van der Waals surface area contributed by atoms with Crippen LogP contribution in [0.5, 0.6) is 5.75 Å². The van der Waals surface area contributed by atoms with E-state index >= 15 is 0 Å². The van der Waals surface area contributed by atoms with Gasteiger partial charge in [0, 0.05) is 12.2 Å². The summed E-state index contributed by atoms with van der Waals surface area (Å²) in [4.78, 5) is 0. The summed E-state index contributed by atoms with van der Waals surface area (Å²) in [5.74, 6) is 0.832. The first kappa shape index (κ1) is 18.3. The molecular weight excluding hydrogens is 324 g/mol. The number of hydrogen-bond acceptors (Lipinski definition) is 4. The van der Waals surface area contributed by atoms with Gasteiger partial charge in [0.2, 0.25) is 10.0 Å². The number of hydrogen-bond donors (Lipinski definition) is 2. The topological polar surface area (TPSA) is 81.4 Å². The fraction of sp³-hybridized carbons (Fsp3) is 0.333. The minimum absolute atomic E-state index is 0.134. The van der Waals surface area contributed by atoms with Crippen molar-refractivity contribution in [3.05, 3.63) is 48.5 Å². The third-order valence-electron chi connectivity index (χ3n) is 3.48. The molecular formula is C18H24N2O3S. The number of anilines is 1. The maximum Gasteiger partial charge on any atom is 0.211 e. The molecule has 0 bridgehead atoms. The quantitative estimate of drug-likeness (QED) is 0.719. The molecule has 2 aromatic rings. The summed E-state index contributed by atoms with van der Waals surface area (Å²) < 4.78 is 31.6. The molecule has 6 heteroatoms. The van der Waals surface area contributed by atoms with Crippen LogP contribution in [0.2, 0.25) is 0 Å². The molecule has 24 heavy (non-hydrogen) atoms. The van der Waals surface area contributed by atoms with Crippen LogP contribution >= 0.6 is 0 Å². The molecule has 0 saturated carbocycles. The first-order chi connectivity index (χ1) is 11.4. The van der Waals surface area contributed by atoms with Crippen LogP contribution in [-0.4, -0.2) is 26.8 Å². The predicted octanol–water partition coefficient (Wildman–Crippen LogP) is 3.03. The number of benzene rings is 2. The zero-order valence-corrected chi connectivity index (χ0v) is 14.8. The van der Waals surface area contributed by atoms with Gasteiger partial charge < -0.3 is 10.5 Å². The van der Waals surface area contributed by atoms with Crippen LogP contribution in [0, 0.1) is 0 Å². The molecule has 2 rings (SSSR count). The van der Waals surface area contributed by atoms with Gasteiger partial charge in [-0.25, -0.2) is 13.1 Å². The minimum Gasteiger partial charge on any atom is -0.489 e. The maximum absolute atomic E-state index is 11.6. The van der Waals surface area contributed by atoms with Crippen molar-refractivity contribution in [2.75, 3.05) is 18.0 Å². The normalized spacial score (nSPS) is 12.8. The summed E-state index contributed by atoms with van der Waals surface area (Å²) in [6.45, 7) is 3.92. The number of nitrogens with one attached hydrogen (secondary N) is 1. The van der Waals surface area contributed by atoms with E-state index in [1.807, 2.05) is 62.4 Å². The lowest BCUT2D eigenvalue weighted by Crippen LogP contribution is -2.34. The molecule has 0 amide bonds. The Kier molecular flexibility index (Phi) is 6.23. The summed E-state index contributed by atoms with van der Waals surface area (Å²) in [5, 5.41) is 0. The number of nitrogens with two attached hydrogens (primary N) is 1. The highest BCUT2D eigenvalue weighted by atomic mass is 32.2. The second-order valence-corrected chi connectivity index (χ2v) is 7.67. The molecule has 2 aromatic carbocycles. The van der Waals surface area contributed by atoms with E-state index in [0.29, 0.717) is 12.2 Å². The number of ether oxygens (including phenoxy) is 1. The lowest BCUT2D eigenvalue weighted by molar-refractivity contribution is 0.225. The number of sulfonamides is 1. The SMILES string of the molecule is CCCS(=O)(=O)NCC(C)Oc1ccc(-c2cccc(N)c2)cc1. The van der Waals surface area contributed by atoms with Crippen molar-refractivity contribution in [2.45, 2.75) is 26.4 Å². The molecule has 0 aliphatic carbocycles. The zero-order valence-electron chi connectivity index (χ0n) is 14.0. The lowest BCUT2D eigenvalue weighted by Gasteiger charge is -2.16. The Bertz CT molecular complexity index is 758. The van der Waals surface area contributed by atoms with E-state index in [1.165, 1.54) is 0 Å². The summed E-state index contributed by atoms with van der Waals surface area (Å²) in [6.07, 6.45) is 0.339. The van der Waals surface area contributed by atoms with Crippen LogP contribution in [0.1, 0.15) is 20.3 Å². The van der Waals surface area contributed by atoms with Crippen molar-refractivity contribution >= 4 is 15.7 Å². The Morgan fingerprint density at radius 3 is 2.46 bits per heavy atom. The average Bonchev–Trinajstić information content (AvgIpc) is 2.54. The van der Waals surface area contributed by atoms with Gasteiger partial charge >= 0.3 is 0 Å². The fourth-order valence-electron chi connectivity index (χ4n) is 2.30. The molecule has 0 saturated heterocycles. The number of nitrogen functional groups attached to an aromatic ring is 1. The van der Waals surface area contributed by atoms with E-state index in [4.69, 9.17) is 10.5 Å². The number of rotatable bonds is 8. The molecule has 0 heterocycles. The lowest BCUT2D eigenvalue weighted by atomic mass is 10.1. The van der Waals surface area contributed by atoms with E-state index < -0.39 is 10.0 Å². The first-order valence-electron chi connectivity index (χ1n) is 7.99. The van der Waals surface area contributed by atoms with E-state index in [1.54, 1.807) is 0 Å². The minimum atomic E-state index is -3.21. The summed E-state index contributed by atoms with van der Waals surface area (Å²) in [5.41, 5.74) is 8.61. The Morgan fingerprint density at radius 2 is 1.83 bits per heavy atom. The van der Waals surface area contributed by atoms with Crippen LogP contribution in [0.3, 0.4) is 0 Å². The summed E-state index contributed by atoms with van der Waals surface area (Å²) in [6, 6.07) is 15.3. The van der Waals surface area contributed by atoms with E-state index in [2.05, 4.69) is 4.72 Å². The van der Waals surface area contributed by atoms with Gasteiger partial charge in [-0.1, -0.05) is 31.2 Å². The predicted molar refractivity (Wildman–Crippen MR) is 98.5 cm³/mol. The summed E-state index contributed by atoms with van der Waals surface area (Å²) >= 11 is 0. The molecule has 0 aliphatic heterocycles. The van der Waals surface area contributed by atoms with Gasteiger partial charge in [0.05, 0.1) is 5.75 Å². The van der Waals surface area contributed by atoms with E-state index in [0.717, 1.165) is 16.8 Å². The Hall–Kier alpha value is -2.05. The van der Waals surface area contributed by atoms with Gasteiger partial charge in [-0.2, -0.15) is 0 Å². The third kappa shape index (κ3) is 5.54. The van der Waals surface area contributed by atoms with Gasteiger partial charge in [-0.3, -0.25) is 0 Å². The highest BCUT2D eigenvalue weighted by molar-refractivity contribution is 7.89. The third-order valence-corrected chi connectivity index (χ3v) is 5.03. The van der Waals surface area contributed by atoms with Crippen molar-refractivity contribution in [3.63, 3.8) is 0 Å². The zero-order chi connectivity index (χ0) is 17.6. The van der Waals surface area contributed by atoms with Crippen molar-refractivity contribution < 1.29 is 13.2 Å². The Morgan fingerprint density at radius 1 is 1.12 bits per heavy atom. The highest BCUT2D eigenvalue weighted by Crippen LogP contribution is 2.24. The average molecular weight is 348 g/mol. The standard InChI is InChI=1S/C18H24N2O3S/c1-3-11-24(21,22)20-13-14(2)23-18-9-7-15(8-10-18)16-5-4-6-17(19)12-16/h4-10,12,14,20H,3,11,13,19H2,1-2H3. The van der Waals surface area contributed by atoms with Crippen LogP contribution in [0.25, 0.3) is 11.1 Å². The molecule has 130 valence electrons. The van der Waals surface area contributed by atoms with Crippen molar-refractivity contribution in [2.24, 2.45) is 0 Å². The summed E-state index contributed by atoms with van der Waals surface area (Å²) in [7, 11) is -3.21. The first-order valence-corrected chi connectivity index (χ1v) is 9.65. The fourth-order valence-corrected chi connectivity index (χ4v) is 3.47. The molecule has 0 aromatic heterocycles. The van der Waals surface area contributed by atoms with Gasteiger partial charge in [-0.05, 0) is 48.7 Å². The highest BCUT2D eigenvalue weighted by Gasteiger charge is 2.11. The van der Waals surface area contributed by atoms with E-state index in [-0.39, 0.29) is 18.4 Å². The second kappa shape index (κ2) is 8.17. The largest absolute Gasteiger partial charge is 0.489 e. The molecule has 0 radical (unpaired) electrons. The maximum atomic E-state index is 11.6. The molecule has 5 nitrogen and oxygen atoms in total. The Balaban J connectivity index is 1.94. The van der Waals surface area contributed by atoms with Crippen LogP contribution < -0.4 is 15.2 Å². The van der Waals surface area contributed by atoms with Crippen molar-refractivity contribution in [1.29, 1.82) is 0 Å². The van der Waals surface area contributed by atoms with E-state index in [9.17, 15) is 8.42 Å². The van der Waals surface area contributed by atoms with Crippen molar-refractivity contribution in [1.82, 2.24) is 4.72 Å². The van der Waals surface area contributed by atoms with Gasteiger partial charge in [-0.15, -0.1) is 0 Å².